The molecule has 1 heterocycles. The van der Waals surface area contributed by atoms with E-state index in [-0.39, 0.29) is 29.9 Å². The molecule has 1 rings (SSSR count). The maximum Gasteiger partial charge on any atom is 0.221 e. The maximum atomic E-state index is 11.3. The summed E-state index contributed by atoms with van der Waals surface area (Å²) in [6, 6.07) is -0.262. The van der Waals surface area contributed by atoms with Gasteiger partial charge in [0, 0.05) is 32.1 Å². The van der Waals surface area contributed by atoms with Crippen molar-refractivity contribution in [3.8, 4) is 0 Å². The molecule has 1 atom stereocenters. The zero-order valence-electron chi connectivity index (χ0n) is 8.53. The third-order valence-electron chi connectivity index (χ3n) is 2.20. The van der Waals surface area contributed by atoms with E-state index in [1.165, 1.54) is 0 Å². The van der Waals surface area contributed by atoms with Crippen LogP contribution in [-0.2, 0) is 14.6 Å². The minimum atomic E-state index is -2.97. The van der Waals surface area contributed by atoms with E-state index in [2.05, 4.69) is 10.6 Å². The lowest BCUT2D eigenvalue weighted by atomic mass is 10.2. The van der Waals surface area contributed by atoms with Crippen LogP contribution in [0.3, 0.4) is 0 Å². The SMILES string of the molecule is NCCNC(=O)CC1CS(=O)(=O)CCN1. The first-order valence-corrected chi connectivity index (χ1v) is 6.76. The Hall–Kier alpha value is -0.660. The van der Waals surface area contributed by atoms with E-state index in [0.717, 1.165) is 0 Å². The molecule has 0 aromatic carbocycles. The van der Waals surface area contributed by atoms with Gasteiger partial charge in [-0.15, -0.1) is 0 Å². The second kappa shape index (κ2) is 5.43. The number of carbonyl (C=O) groups is 1. The van der Waals surface area contributed by atoms with Gasteiger partial charge in [0.1, 0.15) is 0 Å². The number of hydrogen-bond acceptors (Lipinski definition) is 5. The van der Waals surface area contributed by atoms with Gasteiger partial charge >= 0.3 is 0 Å². The number of sulfone groups is 1. The van der Waals surface area contributed by atoms with E-state index in [0.29, 0.717) is 19.6 Å². The van der Waals surface area contributed by atoms with Crippen molar-refractivity contribution in [1.29, 1.82) is 0 Å². The molecule has 6 nitrogen and oxygen atoms in total. The predicted molar refractivity (Wildman–Crippen MR) is 57.1 cm³/mol. The van der Waals surface area contributed by atoms with Crippen LogP contribution in [0.25, 0.3) is 0 Å². The molecule has 1 aliphatic rings. The fraction of sp³-hybridized carbons (Fsp3) is 0.875. The highest BCUT2D eigenvalue weighted by molar-refractivity contribution is 7.91. The molecular formula is C8H17N3O3S. The Morgan fingerprint density at radius 3 is 2.87 bits per heavy atom. The molecule has 0 radical (unpaired) electrons. The van der Waals surface area contributed by atoms with Gasteiger partial charge in [0.25, 0.3) is 0 Å². The number of nitrogens with two attached hydrogens (primary N) is 1. The van der Waals surface area contributed by atoms with Crippen molar-refractivity contribution < 1.29 is 13.2 Å². The summed E-state index contributed by atoms with van der Waals surface area (Å²) in [5.41, 5.74) is 5.23. The van der Waals surface area contributed by atoms with Gasteiger partial charge in [0.15, 0.2) is 9.84 Å². The number of amides is 1. The molecule has 1 aliphatic heterocycles. The summed E-state index contributed by atoms with van der Waals surface area (Å²) >= 11 is 0. The van der Waals surface area contributed by atoms with Gasteiger partial charge in [-0.05, 0) is 0 Å². The average Bonchev–Trinajstić information content (AvgIpc) is 2.13. The van der Waals surface area contributed by atoms with Crippen LogP contribution in [-0.4, -0.2) is 51.5 Å². The van der Waals surface area contributed by atoms with E-state index in [1.807, 2.05) is 0 Å². The molecule has 1 unspecified atom stereocenters. The molecule has 0 saturated carbocycles. The van der Waals surface area contributed by atoms with E-state index < -0.39 is 9.84 Å². The smallest absolute Gasteiger partial charge is 0.221 e. The third-order valence-corrected chi connectivity index (χ3v) is 3.94. The first kappa shape index (κ1) is 12.4. The van der Waals surface area contributed by atoms with Crippen LogP contribution < -0.4 is 16.4 Å². The Bertz CT molecular complexity index is 315. The Balaban J connectivity index is 2.35. The van der Waals surface area contributed by atoms with E-state index in [4.69, 9.17) is 5.73 Å². The molecule has 4 N–H and O–H groups in total. The van der Waals surface area contributed by atoms with Crippen LogP contribution in [0.5, 0.6) is 0 Å². The molecular weight excluding hydrogens is 218 g/mol. The number of hydrogen-bond donors (Lipinski definition) is 3. The summed E-state index contributed by atoms with van der Waals surface area (Å²) < 4.78 is 22.5. The van der Waals surface area contributed by atoms with Crippen LogP contribution in [0.2, 0.25) is 0 Å². The van der Waals surface area contributed by atoms with Gasteiger partial charge in [-0.3, -0.25) is 4.79 Å². The van der Waals surface area contributed by atoms with Gasteiger partial charge in [0.2, 0.25) is 5.91 Å². The van der Waals surface area contributed by atoms with Crippen molar-refractivity contribution in [2.75, 3.05) is 31.1 Å². The van der Waals surface area contributed by atoms with Gasteiger partial charge in [-0.25, -0.2) is 8.42 Å². The Morgan fingerprint density at radius 1 is 1.53 bits per heavy atom. The van der Waals surface area contributed by atoms with Crippen molar-refractivity contribution in [2.24, 2.45) is 5.73 Å². The monoisotopic (exact) mass is 235 g/mol. The molecule has 88 valence electrons. The molecule has 0 aromatic rings. The minimum Gasteiger partial charge on any atom is -0.355 e. The Morgan fingerprint density at radius 2 is 2.27 bits per heavy atom. The van der Waals surface area contributed by atoms with Gasteiger partial charge in [-0.2, -0.15) is 0 Å². The quantitative estimate of drug-likeness (QED) is 0.515. The van der Waals surface area contributed by atoms with Crippen molar-refractivity contribution in [3.05, 3.63) is 0 Å². The molecule has 15 heavy (non-hydrogen) atoms. The van der Waals surface area contributed by atoms with Crippen LogP contribution in [0.4, 0.5) is 0 Å². The van der Waals surface area contributed by atoms with Gasteiger partial charge in [-0.1, -0.05) is 0 Å². The van der Waals surface area contributed by atoms with Crippen LogP contribution >= 0.6 is 0 Å². The number of rotatable bonds is 4. The topological polar surface area (TPSA) is 101 Å². The molecule has 0 spiro atoms. The molecule has 1 fully saturated rings. The zero-order valence-corrected chi connectivity index (χ0v) is 9.35. The molecule has 0 bridgehead atoms. The lowest BCUT2D eigenvalue weighted by Crippen LogP contribution is -2.47. The highest BCUT2D eigenvalue weighted by atomic mass is 32.2. The van der Waals surface area contributed by atoms with Gasteiger partial charge in [0.05, 0.1) is 11.5 Å². The van der Waals surface area contributed by atoms with E-state index in [9.17, 15) is 13.2 Å². The molecule has 0 aliphatic carbocycles. The fourth-order valence-corrected chi connectivity index (χ4v) is 2.95. The van der Waals surface area contributed by atoms with Crippen LogP contribution in [0.15, 0.2) is 0 Å². The van der Waals surface area contributed by atoms with Crippen molar-refractivity contribution in [3.63, 3.8) is 0 Å². The highest BCUT2D eigenvalue weighted by Gasteiger charge is 2.25. The highest BCUT2D eigenvalue weighted by Crippen LogP contribution is 2.04. The first-order chi connectivity index (χ1) is 7.03. The fourth-order valence-electron chi connectivity index (χ4n) is 1.51. The lowest BCUT2D eigenvalue weighted by molar-refractivity contribution is -0.121. The van der Waals surface area contributed by atoms with Crippen molar-refractivity contribution in [1.82, 2.24) is 10.6 Å². The summed E-state index contributed by atoms with van der Waals surface area (Å²) in [7, 11) is -2.97. The normalized spacial score (nSPS) is 24.7. The molecule has 0 aromatic heterocycles. The summed E-state index contributed by atoms with van der Waals surface area (Å²) in [5.74, 6) is 0.0480. The molecule has 1 amide bonds. The van der Waals surface area contributed by atoms with E-state index in [1.54, 1.807) is 0 Å². The zero-order chi connectivity index (χ0) is 11.3. The summed E-state index contributed by atoms with van der Waals surface area (Å²) in [6.07, 6.45) is 0.194. The second-order valence-corrected chi connectivity index (χ2v) is 5.84. The van der Waals surface area contributed by atoms with E-state index >= 15 is 0 Å². The number of carbonyl (C=O) groups excluding carboxylic acids is 1. The largest absolute Gasteiger partial charge is 0.355 e. The molecule has 1 saturated heterocycles. The number of nitrogens with one attached hydrogen (secondary N) is 2. The summed E-state index contributed by atoms with van der Waals surface area (Å²) in [5, 5.41) is 5.62. The van der Waals surface area contributed by atoms with Gasteiger partial charge < -0.3 is 16.4 Å². The van der Waals surface area contributed by atoms with Crippen LogP contribution in [0, 0.1) is 0 Å². The third kappa shape index (κ3) is 4.59. The maximum absolute atomic E-state index is 11.3. The second-order valence-electron chi connectivity index (χ2n) is 3.61. The first-order valence-electron chi connectivity index (χ1n) is 4.94. The lowest BCUT2D eigenvalue weighted by Gasteiger charge is -2.22. The van der Waals surface area contributed by atoms with Crippen LogP contribution in [0.1, 0.15) is 6.42 Å². The summed E-state index contributed by atoms with van der Waals surface area (Å²) in [6.45, 7) is 1.25. The minimum absolute atomic E-state index is 0.0447. The van der Waals surface area contributed by atoms with Crippen molar-refractivity contribution in [2.45, 2.75) is 12.5 Å². The standard InChI is InChI=1S/C8H17N3O3S/c9-1-2-11-8(12)5-7-6-15(13,14)4-3-10-7/h7,10H,1-6,9H2,(H,11,12). The Labute approximate surface area is 89.5 Å². The Kier molecular flexibility index (Phi) is 4.49. The summed E-state index contributed by atoms with van der Waals surface area (Å²) in [4.78, 5) is 11.3. The molecule has 7 heteroatoms. The van der Waals surface area contributed by atoms with Crippen molar-refractivity contribution >= 4 is 15.7 Å². The average molecular weight is 235 g/mol. The predicted octanol–water partition coefficient (Wildman–Crippen LogP) is -2.16.